The number of alkyl halides is 1. The molecule has 0 N–H and O–H groups in total. The van der Waals surface area contributed by atoms with Crippen LogP contribution in [0.3, 0.4) is 0 Å². The predicted molar refractivity (Wildman–Crippen MR) is 84.6 cm³/mol. The van der Waals surface area contributed by atoms with Crippen LogP contribution in [0.15, 0.2) is 60.7 Å². The largest absolute Gasteiger partial charge is 0.248 e. The Bertz CT molecular complexity index is 777. The van der Waals surface area contributed by atoms with E-state index in [9.17, 15) is 0 Å². The average Bonchev–Trinajstić information content (AvgIpc) is 2.53. The zero-order valence-electron chi connectivity index (χ0n) is 10.9. The van der Waals surface area contributed by atoms with Crippen molar-refractivity contribution in [2.75, 3.05) is 0 Å². The molecule has 1 radical (unpaired) electrons. The van der Waals surface area contributed by atoms with Gasteiger partial charge in [0.2, 0.25) is 0 Å². The fourth-order valence-electron chi connectivity index (χ4n) is 2.19. The third-order valence-electron chi connectivity index (χ3n) is 3.27. The van der Waals surface area contributed by atoms with E-state index in [0.717, 1.165) is 27.7 Å². The number of hydrogen-bond acceptors (Lipinski definition) is 1. The molecule has 0 spiro atoms. The monoisotopic (exact) mass is 278 g/mol. The second kappa shape index (κ2) is 5.48. The van der Waals surface area contributed by atoms with Crippen molar-refractivity contribution in [2.45, 2.75) is 5.88 Å². The normalized spacial score (nSPS) is 10.7. The third-order valence-corrected chi connectivity index (χ3v) is 3.58. The molecule has 1 heterocycles. The van der Waals surface area contributed by atoms with Gasteiger partial charge in [-0.1, -0.05) is 49.0 Å². The highest BCUT2D eigenvalue weighted by molar-refractivity contribution is 6.17. The van der Waals surface area contributed by atoms with Gasteiger partial charge in [0.15, 0.2) is 0 Å². The van der Waals surface area contributed by atoms with E-state index in [0.29, 0.717) is 11.5 Å². The standard InChI is InChI=1S/C18H13ClN/c1-13(16-7-4-5-14(11-16)12-19)17-10-9-15-6-2-3-8-18(15)20-17/h1-11H,12H2. The maximum absolute atomic E-state index is 6.24. The summed E-state index contributed by atoms with van der Waals surface area (Å²) >= 11 is 5.86. The van der Waals surface area contributed by atoms with Crippen LogP contribution in [0.4, 0.5) is 0 Å². The second-order valence-corrected chi connectivity index (χ2v) is 4.90. The summed E-state index contributed by atoms with van der Waals surface area (Å²) < 4.78 is 0. The van der Waals surface area contributed by atoms with E-state index in [1.165, 1.54) is 0 Å². The molecule has 0 fully saturated rings. The van der Waals surface area contributed by atoms with Gasteiger partial charge in [-0.05, 0) is 29.3 Å². The molecule has 0 aliphatic rings. The minimum absolute atomic E-state index is 0.478. The molecule has 0 amide bonds. The molecule has 3 aromatic rings. The molecule has 0 unspecified atom stereocenters. The summed E-state index contributed by atoms with van der Waals surface area (Å²) in [6, 6.07) is 19.9. The van der Waals surface area contributed by atoms with Crippen LogP contribution in [0.2, 0.25) is 0 Å². The first-order chi connectivity index (χ1) is 9.78. The fraction of sp³-hybridized carbons (Fsp3) is 0.0556. The average molecular weight is 279 g/mol. The van der Waals surface area contributed by atoms with Gasteiger partial charge in [-0.2, -0.15) is 0 Å². The molecule has 0 aliphatic heterocycles. The van der Waals surface area contributed by atoms with Crippen molar-refractivity contribution >= 4 is 28.1 Å². The van der Waals surface area contributed by atoms with Crippen LogP contribution >= 0.6 is 11.6 Å². The van der Waals surface area contributed by atoms with Crippen LogP contribution in [0.1, 0.15) is 16.8 Å². The number of fused-ring (bicyclic) bond motifs is 1. The maximum atomic E-state index is 6.24. The van der Waals surface area contributed by atoms with Crippen LogP contribution in [0, 0.1) is 6.58 Å². The highest BCUT2D eigenvalue weighted by Gasteiger charge is 2.06. The Hall–Kier alpha value is -2.12. The Morgan fingerprint density at radius 1 is 1.00 bits per heavy atom. The zero-order valence-corrected chi connectivity index (χ0v) is 11.6. The van der Waals surface area contributed by atoms with Gasteiger partial charge < -0.3 is 0 Å². The molecule has 3 rings (SSSR count). The number of nitrogens with zero attached hydrogens (tertiary/aromatic N) is 1. The van der Waals surface area contributed by atoms with Crippen LogP contribution in [-0.4, -0.2) is 4.98 Å². The summed E-state index contributed by atoms with van der Waals surface area (Å²) in [4.78, 5) is 4.61. The molecule has 1 aromatic heterocycles. The minimum atomic E-state index is 0.478. The highest BCUT2D eigenvalue weighted by Crippen LogP contribution is 2.23. The van der Waals surface area contributed by atoms with E-state index < -0.39 is 0 Å². The first-order valence-electron chi connectivity index (χ1n) is 6.42. The van der Waals surface area contributed by atoms with Gasteiger partial charge in [-0.25, -0.2) is 4.98 Å². The van der Waals surface area contributed by atoms with E-state index in [1.54, 1.807) is 0 Å². The first kappa shape index (κ1) is 12.9. The van der Waals surface area contributed by atoms with E-state index in [2.05, 4.69) is 4.98 Å². The number of para-hydroxylation sites is 1. The number of hydrogen-bond donors (Lipinski definition) is 0. The van der Waals surface area contributed by atoms with Crippen LogP contribution in [-0.2, 0) is 5.88 Å². The molecule has 0 saturated carbocycles. The summed E-state index contributed by atoms with van der Waals surface area (Å²) in [6.45, 7) is 6.24. The van der Waals surface area contributed by atoms with Crippen molar-refractivity contribution in [2.24, 2.45) is 0 Å². The van der Waals surface area contributed by atoms with Crippen molar-refractivity contribution in [3.63, 3.8) is 0 Å². The number of aromatic nitrogens is 1. The Balaban J connectivity index is 2.03. The first-order valence-corrected chi connectivity index (χ1v) is 6.95. The van der Waals surface area contributed by atoms with Gasteiger partial charge >= 0.3 is 0 Å². The van der Waals surface area contributed by atoms with E-state index in [-0.39, 0.29) is 0 Å². The molecular formula is C18H13ClN. The SMILES string of the molecule is [CH]=C(c1cccc(CCl)c1)c1ccc2ccccc2n1. The molecule has 0 aliphatic carbocycles. The predicted octanol–water partition coefficient (Wildman–Crippen LogP) is 4.84. The van der Waals surface area contributed by atoms with Crippen molar-refractivity contribution < 1.29 is 0 Å². The van der Waals surface area contributed by atoms with Gasteiger partial charge in [-0.3, -0.25) is 0 Å². The summed E-state index contributed by atoms with van der Waals surface area (Å²) in [7, 11) is 0. The van der Waals surface area contributed by atoms with Crippen molar-refractivity contribution in [3.05, 3.63) is 84.1 Å². The molecular weight excluding hydrogens is 266 g/mol. The Labute approximate surface area is 123 Å². The Kier molecular flexibility index (Phi) is 3.53. The Morgan fingerprint density at radius 2 is 1.85 bits per heavy atom. The number of benzene rings is 2. The van der Waals surface area contributed by atoms with E-state index in [4.69, 9.17) is 18.2 Å². The van der Waals surface area contributed by atoms with Gasteiger partial charge in [0.25, 0.3) is 0 Å². The lowest BCUT2D eigenvalue weighted by atomic mass is 10.0. The topological polar surface area (TPSA) is 12.9 Å². The number of pyridine rings is 1. The van der Waals surface area contributed by atoms with Gasteiger partial charge in [0, 0.05) is 16.8 Å². The highest BCUT2D eigenvalue weighted by atomic mass is 35.5. The quantitative estimate of drug-likeness (QED) is 0.625. The van der Waals surface area contributed by atoms with Crippen molar-refractivity contribution in [1.82, 2.24) is 4.98 Å². The molecule has 0 bridgehead atoms. The smallest absolute Gasteiger partial charge is 0.0715 e. The molecule has 0 saturated heterocycles. The Morgan fingerprint density at radius 3 is 2.70 bits per heavy atom. The molecule has 2 heteroatoms. The lowest BCUT2D eigenvalue weighted by Gasteiger charge is -2.08. The molecule has 20 heavy (non-hydrogen) atoms. The van der Waals surface area contributed by atoms with E-state index >= 15 is 0 Å². The third kappa shape index (κ3) is 2.45. The van der Waals surface area contributed by atoms with Crippen LogP contribution < -0.4 is 0 Å². The molecule has 0 atom stereocenters. The molecule has 2 aromatic carbocycles. The van der Waals surface area contributed by atoms with E-state index in [1.807, 2.05) is 60.7 Å². The maximum Gasteiger partial charge on any atom is 0.0715 e. The minimum Gasteiger partial charge on any atom is -0.248 e. The van der Waals surface area contributed by atoms with Gasteiger partial charge in [-0.15, -0.1) is 11.6 Å². The van der Waals surface area contributed by atoms with Gasteiger partial charge in [0.1, 0.15) is 0 Å². The van der Waals surface area contributed by atoms with Crippen molar-refractivity contribution in [1.29, 1.82) is 0 Å². The molecule has 97 valence electrons. The van der Waals surface area contributed by atoms with Crippen LogP contribution in [0.5, 0.6) is 0 Å². The van der Waals surface area contributed by atoms with Crippen LogP contribution in [0.25, 0.3) is 16.5 Å². The summed E-state index contributed by atoms with van der Waals surface area (Å²) in [5.74, 6) is 0.478. The number of rotatable bonds is 3. The zero-order chi connectivity index (χ0) is 13.9. The summed E-state index contributed by atoms with van der Waals surface area (Å²) in [5.41, 5.74) is 4.40. The summed E-state index contributed by atoms with van der Waals surface area (Å²) in [6.07, 6.45) is 0. The second-order valence-electron chi connectivity index (χ2n) is 4.64. The number of halogens is 1. The van der Waals surface area contributed by atoms with Crippen molar-refractivity contribution in [3.8, 4) is 0 Å². The lowest BCUT2D eigenvalue weighted by molar-refractivity contribution is 1.33. The lowest BCUT2D eigenvalue weighted by Crippen LogP contribution is -1.92. The fourth-order valence-corrected chi connectivity index (χ4v) is 2.35. The summed E-state index contributed by atoms with van der Waals surface area (Å²) in [5, 5.41) is 1.11. The van der Waals surface area contributed by atoms with Gasteiger partial charge in [0.05, 0.1) is 11.2 Å². The molecule has 1 nitrogen and oxygen atoms in total.